The van der Waals surface area contributed by atoms with Crippen LogP contribution in [0.1, 0.15) is 46.5 Å². The van der Waals surface area contributed by atoms with E-state index in [0.717, 1.165) is 12.0 Å². The second-order valence-electron chi connectivity index (χ2n) is 5.10. The summed E-state index contributed by atoms with van der Waals surface area (Å²) in [6.07, 6.45) is 5.61. The van der Waals surface area contributed by atoms with E-state index in [9.17, 15) is 0 Å². The van der Waals surface area contributed by atoms with Crippen molar-refractivity contribution >= 4 is 0 Å². The molecule has 2 heteroatoms. The zero-order chi connectivity index (χ0) is 11.3. The van der Waals surface area contributed by atoms with Gasteiger partial charge in [-0.1, -0.05) is 13.3 Å². The molecule has 0 aromatic rings. The highest BCUT2D eigenvalue weighted by atomic mass is 15.1. The highest BCUT2D eigenvalue weighted by Gasteiger charge is 2.25. The average molecular weight is 212 g/mol. The highest BCUT2D eigenvalue weighted by Crippen LogP contribution is 2.28. The van der Waals surface area contributed by atoms with Crippen LogP contribution in [-0.4, -0.2) is 37.1 Å². The van der Waals surface area contributed by atoms with Gasteiger partial charge in [0.1, 0.15) is 0 Å². The molecule has 0 aromatic carbocycles. The molecule has 15 heavy (non-hydrogen) atoms. The number of hydrogen-bond acceptors (Lipinski definition) is 2. The lowest BCUT2D eigenvalue weighted by atomic mass is 9.99. The zero-order valence-corrected chi connectivity index (χ0v) is 10.9. The molecule has 0 radical (unpaired) electrons. The second kappa shape index (κ2) is 6.49. The Morgan fingerprint density at radius 1 is 1.33 bits per heavy atom. The van der Waals surface area contributed by atoms with Crippen LogP contribution in [-0.2, 0) is 0 Å². The van der Waals surface area contributed by atoms with Gasteiger partial charge in [0, 0.05) is 12.1 Å². The lowest BCUT2D eigenvalue weighted by Crippen LogP contribution is -2.35. The van der Waals surface area contributed by atoms with E-state index in [2.05, 4.69) is 38.0 Å². The van der Waals surface area contributed by atoms with Gasteiger partial charge in [0.2, 0.25) is 0 Å². The van der Waals surface area contributed by atoms with Crippen LogP contribution in [0.25, 0.3) is 0 Å². The Labute approximate surface area is 95.4 Å². The summed E-state index contributed by atoms with van der Waals surface area (Å²) in [6.45, 7) is 9.33. The summed E-state index contributed by atoms with van der Waals surface area (Å²) in [6, 6.07) is 1.49. The maximum atomic E-state index is 3.47. The van der Waals surface area contributed by atoms with Gasteiger partial charge in [-0.15, -0.1) is 0 Å². The van der Waals surface area contributed by atoms with Crippen LogP contribution < -0.4 is 5.32 Å². The summed E-state index contributed by atoms with van der Waals surface area (Å²) in [5.41, 5.74) is 0. The number of nitrogens with zero attached hydrogens (tertiary/aromatic N) is 1. The van der Waals surface area contributed by atoms with Gasteiger partial charge in [-0.2, -0.15) is 0 Å². The van der Waals surface area contributed by atoms with Crippen LogP contribution in [0, 0.1) is 5.92 Å². The number of hydrogen-bond donors (Lipinski definition) is 1. The monoisotopic (exact) mass is 212 g/mol. The summed E-state index contributed by atoms with van der Waals surface area (Å²) < 4.78 is 0. The summed E-state index contributed by atoms with van der Waals surface area (Å²) in [5.74, 6) is 0.919. The summed E-state index contributed by atoms with van der Waals surface area (Å²) in [4.78, 5) is 2.57. The van der Waals surface area contributed by atoms with Gasteiger partial charge >= 0.3 is 0 Å². The third-order valence-corrected chi connectivity index (χ3v) is 3.95. The van der Waals surface area contributed by atoms with Crippen molar-refractivity contribution in [1.29, 1.82) is 0 Å². The minimum Gasteiger partial charge on any atom is -0.317 e. The minimum atomic E-state index is 0.699. The molecule has 0 bridgehead atoms. The molecule has 0 aliphatic heterocycles. The first-order valence-corrected chi connectivity index (χ1v) is 6.60. The minimum absolute atomic E-state index is 0.699. The molecule has 2 unspecified atom stereocenters. The van der Waals surface area contributed by atoms with Crippen LogP contribution in [0.2, 0.25) is 0 Å². The SMILES string of the molecule is CCN(CCC1CCCC1NC)C(C)C. The predicted molar refractivity (Wildman–Crippen MR) is 67.2 cm³/mol. The van der Waals surface area contributed by atoms with E-state index in [4.69, 9.17) is 0 Å². The maximum absolute atomic E-state index is 3.47. The maximum Gasteiger partial charge on any atom is 0.00928 e. The van der Waals surface area contributed by atoms with E-state index in [-0.39, 0.29) is 0 Å². The van der Waals surface area contributed by atoms with Crippen molar-refractivity contribution in [3.05, 3.63) is 0 Å². The van der Waals surface area contributed by atoms with E-state index in [0.29, 0.717) is 6.04 Å². The van der Waals surface area contributed by atoms with Crippen LogP contribution in [0.4, 0.5) is 0 Å². The molecule has 1 aliphatic carbocycles. The zero-order valence-electron chi connectivity index (χ0n) is 10.9. The lowest BCUT2D eigenvalue weighted by molar-refractivity contribution is 0.210. The molecular weight excluding hydrogens is 184 g/mol. The van der Waals surface area contributed by atoms with Gasteiger partial charge in [-0.05, 0) is 59.2 Å². The van der Waals surface area contributed by atoms with Gasteiger partial charge in [0.05, 0.1) is 0 Å². The number of rotatable bonds is 6. The Balaban J connectivity index is 2.28. The Morgan fingerprint density at radius 2 is 2.07 bits per heavy atom. The molecule has 0 amide bonds. The van der Waals surface area contributed by atoms with Gasteiger partial charge in [-0.3, -0.25) is 0 Å². The molecule has 0 aromatic heterocycles. The topological polar surface area (TPSA) is 15.3 Å². The quantitative estimate of drug-likeness (QED) is 0.728. The van der Waals surface area contributed by atoms with Crippen molar-refractivity contribution < 1.29 is 0 Å². The molecule has 1 aliphatic rings. The molecule has 1 rings (SSSR count). The van der Waals surface area contributed by atoms with E-state index in [1.165, 1.54) is 38.8 Å². The molecule has 90 valence electrons. The van der Waals surface area contributed by atoms with E-state index < -0.39 is 0 Å². The van der Waals surface area contributed by atoms with Crippen molar-refractivity contribution in [2.75, 3.05) is 20.1 Å². The predicted octanol–water partition coefficient (Wildman–Crippen LogP) is 2.49. The Kier molecular flexibility index (Phi) is 5.62. The van der Waals surface area contributed by atoms with Gasteiger partial charge < -0.3 is 10.2 Å². The molecule has 1 saturated carbocycles. The van der Waals surface area contributed by atoms with Gasteiger partial charge in [0.25, 0.3) is 0 Å². The molecule has 0 saturated heterocycles. The molecule has 1 N–H and O–H groups in total. The number of nitrogens with one attached hydrogen (secondary N) is 1. The van der Waals surface area contributed by atoms with Crippen LogP contribution >= 0.6 is 0 Å². The normalized spacial score (nSPS) is 26.8. The molecule has 0 spiro atoms. The fraction of sp³-hybridized carbons (Fsp3) is 1.00. The molecular formula is C13H28N2. The first-order valence-electron chi connectivity index (χ1n) is 6.60. The largest absolute Gasteiger partial charge is 0.317 e. The first-order chi connectivity index (χ1) is 7.19. The smallest absolute Gasteiger partial charge is 0.00928 e. The third kappa shape index (κ3) is 3.76. The molecule has 2 nitrogen and oxygen atoms in total. The van der Waals surface area contributed by atoms with Crippen LogP contribution in [0.15, 0.2) is 0 Å². The van der Waals surface area contributed by atoms with Crippen molar-refractivity contribution in [1.82, 2.24) is 10.2 Å². The summed E-state index contributed by atoms with van der Waals surface area (Å²) in [5, 5.41) is 3.47. The average Bonchev–Trinajstić information content (AvgIpc) is 2.65. The Morgan fingerprint density at radius 3 is 2.60 bits per heavy atom. The first kappa shape index (κ1) is 13.0. The van der Waals surface area contributed by atoms with Crippen molar-refractivity contribution in [2.45, 2.75) is 58.5 Å². The van der Waals surface area contributed by atoms with E-state index in [1.54, 1.807) is 0 Å². The second-order valence-corrected chi connectivity index (χ2v) is 5.10. The van der Waals surface area contributed by atoms with Crippen molar-refractivity contribution in [3.8, 4) is 0 Å². The van der Waals surface area contributed by atoms with E-state index >= 15 is 0 Å². The van der Waals surface area contributed by atoms with Gasteiger partial charge in [-0.25, -0.2) is 0 Å². The third-order valence-electron chi connectivity index (χ3n) is 3.95. The Hall–Kier alpha value is -0.0800. The summed E-state index contributed by atoms with van der Waals surface area (Å²) in [7, 11) is 2.11. The van der Waals surface area contributed by atoms with E-state index in [1.807, 2.05) is 0 Å². The lowest BCUT2D eigenvalue weighted by Gasteiger charge is -2.27. The fourth-order valence-corrected chi connectivity index (χ4v) is 2.88. The van der Waals surface area contributed by atoms with Gasteiger partial charge in [0.15, 0.2) is 0 Å². The fourth-order valence-electron chi connectivity index (χ4n) is 2.88. The van der Waals surface area contributed by atoms with Crippen LogP contribution in [0.3, 0.4) is 0 Å². The molecule has 0 heterocycles. The Bertz CT molecular complexity index is 168. The molecule has 2 atom stereocenters. The van der Waals surface area contributed by atoms with Crippen LogP contribution in [0.5, 0.6) is 0 Å². The summed E-state index contributed by atoms with van der Waals surface area (Å²) >= 11 is 0. The van der Waals surface area contributed by atoms with Crippen molar-refractivity contribution in [3.63, 3.8) is 0 Å². The molecule has 1 fully saturated rings. The van der Waals surface area contributed by atoms with Crippen molar-refractivity contribution in [2.24, 2.45) is 5.92 Å². The standard InChI is InChI=1S/C13H28N2/c1-5-15(11(2)3)10-9-12-7-6-8-13(12)14-4/h11-14H,5-10H2,1-4H3. The highest BCUT2D eigenvalue weighted by molar-refractivity contribution is 4.82.